The van der Waals surface area contributed by atoms with Gasteiger partial charge in [0.1, 0.15) is 0 Å². The first-order valence-electron chi connectivity index (χ1n) is 5.43. The molecule has 0 bridgehead atoms. The van der Waals surface area contributed by atoms with Crippen LogP contribution < -0.4 is 9.64 Å². The van der Waals surface area contributed by atoms with Gasteiger partial charge in [0.05, 0.1) is 17.8 Å². The van der Waals surface area contributed by atoms with E-state index in [0.717, 1.165) is 17.3 Å². The fourth-order valence-electron chi connectivity index (χ4n) is 1.66. The maximum absolute atomic E-state index is 5.16. The van der Waals surface area contributed by atoms with Crippen LogP contribution in [0.3, 0.4) is 0 Å². The van der Waals surface area contributed by atoms with Crippen molar-refractivity contribution in [2.75, 3.05) is 19.1 Å². The summed E-state index contributed by atoms with van der Waals surface area (Å²) in [6.07, 6.45) is 3.88. The van der Waals surface area contributed by atoms with E-state index in [0.29, 0.717) is 17.9 Å². The number of anilines is 1. The number of halogens is 1. The SMILES string of the molecule is CCC(CC)N(C)c1ncc(Br)c(OC)n1. The first-order valence-corrected chi connectivity index (χ1v) is 6.22. The van der Waals surface area contributed by atoms with Gasteiger partial charge in [-0.15, -0.1) is 0 Å². The van der Waals surface area contributed by atoms with Gasteiger partial charge in [0.15, 0.2) is 0 Å². The Morgan fingerprint density at radius 2 is 2.06 bits per heavy atom. The second kappa shape index (κ2) is 6.03. The highest BCUT2D eigenvalue weighted by Gasteiger charge is 2.15. The molecule has 5 heteroatoms. The molecule has 0 spiro atoms. The Hall–Kier alpha value is -0.840. The van der Waals surface area contributed by atoms with E-state index in [1.165, 1.54) is 0 Å². The Bertz CT molecular complexity index is 342. The van der Waals surface area contributed by atoms with Gasteiger partial charge in [-0.2, -0.15) is 4.98 Å². The van der Waals surface area contributed by atoms with Gasteiger partial charge >= 0.3 is 0 Å². The van der Waals surface area contributed by atoms with Gasteiger partial charge < -0.3 is 9.64 Å². The molecule has 1 aromatic heterocycles. The first-order chi connectivity index (χ1) is 7.63. The molecular formula is C11H18BrN3O. The fraction of sp³-hybridized carbons (Fsp3) is 0.636. The van der Waals surface area contributed by atoms with Crippen LogP contribution in [0.4, 0.5) is 5.95 Å². The molecule has 0 saturated carbocycles. The van der Waals surface area contributed by atoms with Crippen LogP contribution in [0, 0.1) is 0 Å². The summed E-state index contributed by atoms with van der Waals surface area (Å²) in [5.74, 6) is 1.27. The zero-order valence-electron chi connectivity index (χ0n) is 10.2. The lowest BCUT2D eigenvalue weighted by Crippen LogP contribution is -2.31. The zero-order valence-corrected chi connectivity index (χ0v) is 11.8. The number of rotatable bonds is 5. The summed E-state index contributed by atoms with van der Waals surface area (Å²) in [6, 6.07) is 0.464. The van der Waals surface area contributed by atoms with Crippen LogP contribution in [0.15, 0.2) is 10.7 Å². The van der Waals surface area contributed by atoms with Crippen molar-refractivity contribution in [1.82, 2.24) is 9.97 Å². The van der Waals surface area contributed by atoms with Crippen LogP contribution in [-0.4, -0.2) is 30.2 Å². The quantitative estimate of drug-likeness (QED) is 0.835. The Labute approximate surface area is 105 Å². The summed E-state index contributed by atoms with van der Waals surface area (Å²) in [5, 5.41) is 0. The number of ether oxygens (including phenoxy) is 1. The number of methoxy groups -OCH3 is 1. The van der Waals surface area contributed by atoms with Gasteiger partial charge in [-0.1, -0.05) is 13.8 Å². The molecule has 90 valence electrons. The molecule has 0 aliphatic heterocycles. The van der Waals surface area contributed by atoms with Crippen LogP contribution in [0.5, 0.6) is 5.88 Å². The molecule has 0 radical (unpaired) electrons. The monoisotopic (exact) mass is 287 g/mol. The van der Waals surface area contributed by atoms with E-state index < -0.39 is 0 Å². The fourth-order valence-corrected chi connectivity index (χ4v) is 2.01. The average Bonchev–Trinajstić information content (AvgIpc) is 2.31. The van der Waals surface area contributed by atoms with Crippen LogP contribution in [0.25, 0.3) is 0 Å². The number of hydrogen-bond acceptors (Lipinski definition) is 4. The van der Waals surface area contributed by atoms with Crippen molar-refractivity contribution in [1.29, 1.82) is 0 Å². The van der Waals surface area contributed by atoms with Gasteiger partial charge in [-0.25, -0.2) is 4.98 Å². The summed E-state index contributed by atoms with van der Waals surface area (Å²) in [5.41, 5.74) is 0. The highest BCUT2D eigenvalue weighted by Crippen LogP contribution is 2.24. The minimum absolute atomic E-state index is 0.464. The standard InChI is InChI=1S/C11H18BrN3O/c1-5-8(6-2)15(3)11-13-7-9(12)10(14-11)16-4/h7-8H,5-6H2,1-4H3. The Morgan fingerprint density at radius 1 is 1.44 bits per heavy atom. The second-order valence-electron chi connectivity index (χ2n) is 3.61. The third kappa shape index (κ3) is 2.84. The van der Waals surface area contributed by atoms with Crippen molar-refractivity contribution in [2.24, 2.45) is 0 Å². The lowest BCUT2D eigenvalue weighted by atomic mass is 10.1. The largest absolute Gasteiger partial charge is 0.480 e. The van der Waals surface area contributed by atoms with Crippen LogP contribution >= 0.6 is 15.9 Å². The number of hydrogen-bond donors (Lipinski definition) is 0. The molecule has 0 saturated heterocycles. The molecule has 0 atom stereocenters. The van der Waals surface area contributed by atoms with E-state index in [-0.39, 0.29) is 0 Å². The smallest absolute Gasteiger partial charge is 0.232 e. The number of nitrogens with zero attached hydrogens (tertiary/aromatic N) is 3. The summed E-state index contributed by atoms with van der Waals surface area (Å²) in [4.78, 5) is 10.7. The van der Waals surface area contributed by atoms with E-state index in [2.05, 4.69) is 44.6 Å². The summed E-state index contributed by atoms with van der Waals surface area (Å²) >= 11 is 3.34. The van der Waals surface area contributed by atoms with Crippen LogP contribution in [-0.2, 0) is 0 Å². The zero-order chi connectivity index (χ0) is 12.1. The first kappa shape index (κ1) is 13.2. The van der Waals surface area contributed by atoms with Crippen molar-refractivity contribution in [3.63, 3.8) is 0 Å². The third-order valence-corrected chi connectivity index (χ3v) is 3.24. The highest BCUT2D eigenvalue weighted by atomic mass is 79.9. The minimum Gasteiger partial charge on any atom is -0.480 e. The normalized spacial score (nSPS) is 10.6. The van der Waals surface area contributed by atoms with Gasteiger partial charge in [0, 0.05) is 13.1 Å². The predicted molar refractivity (Wildman–Crippen MR) is 69.1 cm³/mol. The summed E-state index contributed by atoms with van der Waals surface area (Å²) in [7, 11) is 3.62. The maximum Gasteiger partial charge on any atom is 0.232 e. The van der Waals surface area contributed by atoms with E-state index in [1.54, 1.807) is 13.3 Å². The van der Waals surface area contributed by atoms with Gasteiger partial charge in [-0.3, -0.25) is 0 Å². The minimum atomic E-state index is 0.464. The number of aromatic nitrogens is 2. The molecule has 4 nitrogen and oxygen atoms in total. The molecule has 0 aromatic carbocycles. The van der Waals surface area contributed by atoms with Crippen molar-refractivity contribution in [2.45, 2.75) is 32.7 Å². The second-order valence-corrected chi connectivity index (χ2v) is 4.46. The van der Waals surface area contributed by atoms with Crippen molar-refractivity contribution >= 4 is 21.9 Å². The highest BCUT2D eigenvalue weighted by molar-refractivity contribution is 9.10. The average molecular weight is 288 g/mol. The predicted octanol–water partition coefficient (Wildman–Crippen LogP) is 2.87. The van der Waals surface area contributed by atoms with Crippen molar-refractivity contribution in [3.8, 4) is 5.88 Å². The molecule has 16 heavy (non-hydrogen) atoms. The molecule has 1 aromatic rings. The van der Waals surface area contributed by atoms with E-state index in [4.69, 9.17) is 4.74 Å². The molecule has 0 amide bonds. The van der Waals surface area contributed by atoms with Gasteiger partial charge in [0.2, 0.25) is 11.8 Å². The third-order valence-electron chi connectivity index (χ3n) is 2.70. The Morgan fingerprint density at radius 3 is 2.56 bits per heavy atom. The van der Waals surface area contributed by atoms with E-state index in [1.807, 2.05) is 7.05 Å². The Kier molecular flexibility index (Phi) is 4.99. The molecule has 0 unspecified atom stereocenters. The molecular weight excluding hydrogens is 270 g/mol. The van der Waals surface area contributed by atoms with E-state index >= 15 is 0 Å². The molecule has 0 N–H and O–H groups in total. The molecule has 1 rings (SSSR count). The molecule has 0 aliphatic rings. The lowest BCUT2D eigenvalue weighted by molar-refractivity contribution is 0.393. The molecule has 0 aliphatic carbocycles. The van der Waals surface area contributed by atoms with E-state index in [9.17, 15) is 0 Å². The summed E-state index contributed by atoms with van der Waals surface area (Å²) < 4.78 is 5.93. The van der Waals surface area contributed by atoms with Crippen LogP contribution in [0.1, 0.15) is 26.7 Å². The maximum atomic E-state index is 5.16. The summed E-state index contributed by atoms with van der Waals surface area (Å²) in [6.45, 7) is 4.33. The molecule has 0 fully saturated rings. The lowest BCUT2D eigenvalue weighted by Gasteiger charge is -2.26. The topological polar surface area (TPSA) is 38.2 Å². The van der Waals surface area contributed by atoms with Crippen LogP contribution in [0.2, 0.25) is 0 Å². The van der Waals surface area contributed by atoms with Crippen molar-refractivity contribution in [3.05, 3.63) is 10.7 Å². The van der Waals surface area contributed by atoms with Crippen molar-refractivity contribution < 1.29 is 4.74 Å². The van der Waals surface area contributed by atoms with Gasteiger partial charge in [-0.05, 0) is 28.8 Å². The van der Waals surface area contributed by atoms with Gasteiger partial charge in [0.25, 0.3) is 0 Å². The molecule has 1 heterocycles. The Balaban J connectivity index is 2.95.